The minimum atomic E-state index is -1.07. The van der Waals surface area contributed by atoms with Gasteiger partial charge in [0.1, 0.15) is 28.6 Å². The standard InChI is InChI=1S/C29H22FN7O8/c30-17-5-1-12(7-15(17)11-32-22-21(31)23(38)24(22)39)10-33-25(40)19-9-20(37-28(35-19)36-45-29(37)44)26(41)34-18-6-3-13-8-14(27(42)43)2-4-16(13)18/h1-2,4-5,7-9,18,32H,3,6,10-11,31H2,(H,33,40)(H,34,41)(H,42,43)/t18-/m0/s1. The number of amides is 2. The Morgan fingerprint density at radius 1 is 1.04 bits per heavy atom. The fourth-order valence-electron chi connectivity index (χ4n) is 5.18. The van der Waals surface area contributed by atoms with E-state index in [9.17, 15) is 38.3 Å². The van der Waals surface area contributed by atoms with E-state index >= 15 is 0 Å². The topological polar surface area (TPSA) is 228 Å². The van der Waals surface area contributed by atoms with E-state index in [2.05, 4.69) is 30.6 Å². The zero-order valence-electron chi connectivity index (χ0n) is 23.0. The third-order valence-electron chi connectivity index (χ3n) is 7.53. The maximum atomic E-state index is 14.4. The summed E-state index contributed by atoms with van der Waals surface area (Å²) in [6.07, 6.45) is 1.01. The monoisotopic (exact) mass is 615 g/mol. The lowest BCUT2D eigenvalue weighted by Crippen LogP contribution is -2.37. The van der Waals surface area contributed by atoms with Gasteiger partial charge in [0.05, 0.1) is 11.6 Å². The number of aromatic nitrogens is 3. The average molecular weight is 616 g/mol. The Balaban J connectivity index is 1.18. The SMILES string of the molecule is Nc1c(NCc2cc(CNC(=O)c3cc(C(=O)N[C@H]4CCc5cc(C(=O)O)ccc54)n4c(=O)onc4n3)ccc2F)c(=O)c1=O. The van der Waals surface area contributed by atoms with Crippen molar-refractivity contribution in [3.8, 4) is 0 Å². The molecule has 16 heteroatoms. The molecule has 0 unspecified atom stereocenters. The predicted molar refractivity (Wildman–Crippen MR) is 154 cm³/mol. The van der Waals surface area contributed by atoms with Crippen LogP contribution in [0, 0.1) is 5.82 Å². The summed E-state index contributed by atoms with van der Waals surface area (Å²) in [6, 6.07) is 9.27. The van der Waals surface area contributed by atoms with Crippen molar-refractivity contribution in [3.63, 3.8) is 0 Å². The quantitative estimate of drug-likeness (QED) is 0.144. The number of rotatable bonds is 9. The first-order valence-corrected chi connectivity index (χ1v) is 13.5. The molecule has 3 aromatic carbocycles. The van der Waals surface area contributed by atoms with Gasteiger partial charge in [-0.2, -0.15) is 0 Å². The fourth-order valence-corrected chi connectivity index (χ4v) is 5.18. The number of hydrogen-bond donors (Lipinski definition) is 5. The second-order valence-corrected chi connectivity index (χ2v) is 10.3. The van der Waals surface area contributed by atoms with E-state index in [0.717, 1.165) is 21.6 Å². The van der Waals surface area contributed by atoms with E-state index in [1.165, 1.54) is 24.3 Å². The lowest BCUT2D eigenvalue weighted by atomic mass is 10.0. The summed E-state index contributed by atoms with van der Waals surface area (Å²) in [5, 5.41) is 20.9. The number of carboxylic acids is 1. The van der Waals surface area contributed by atoms with Crippen LogP contribution in [-0.2, 0) is 19.5 Å². The summed E-state index contributed by atoms with van der Waals surface area (Å²) in [5.74, 6) is -4.45. The number of carboxylic acid groups (broad SMARTS) is 1. The van der Waals surface area contributed by atoms with E-state index < -0.39 is 46.3 Å². The van der Waals surface area contributed by atoms with Gasteiger partial charge in [-0.3, -0.25) is 23.7 Å². The smallest absolute Gasteiger partial charge is 0.448 e. The molecule has 2 heterocycles. The average Bonchev–Trinajstić information content (AvgIpc) is 3.62. The van der Waals surface area contributed by atoms with E-state index in [-0.39, 0.29) is 52.8 Å². The van der Waals surface area contributed by atoms with Crippen LogP contribution < -0.4 is 38.3 Å². The molecule has 228 valence electrons. The zero-order valence-corrected chi connectivity index (χ0v) is 23.0. The molecule has 2 aromatic heterocycles. The van der Waals surface area contributed by atoms with Crippen LogP contribution in [-0.4, -0.2) is 37.4 Å². The molecule has 0 radical (unpaired) electrons. The molecule has 0 aliphatic heterocycles. The summed E-state index contributed by atoms with van der Waals surface area (Å²) in [6.45, 7) is -0.238. The number of halogens is 1. The first-order chi connectivity index (χ1) is 21.5. The number of anilines is 2. The van der Waals surface area contributed by atoms with Gasteiger partial charge in [0, 0.05) is 18.7 Å². The van der Waals surface area contributed by atoms with Gasteiger partial charge in [-0.1, -0.05) is 12.1 Å². The third-order valence-corrected chi connectivity index (χ3v) is 7.53. The first-order valence-electron chi connectivity index (χ1n) is 13.5. The summed E-state index contributed by atoms with van der Waals surface area (Å²) in [4.78, 5) is 77.0. The number of nitrogen functional groups attached to an aromatic ring is 1. The van der Waals surface area contributed by atoms with Crippen molar-refractivity contribution in [2.75, 3.05) is 11.1 Å². The second-order valence-electron chi connectivity index (χ2n) is 10.3. The highest BCUT2D eigenvalue weighted by molar-refractivity contribution is 5.98. The molecule has 1 aliphatic carbocycles. The van der Waals surface area contributed by atoms with E-state index in [4.69, 9.17) is 5.73 Å². The van der Waals surface area contributed by atoms with Crippen LogP contribution in [0.4, 0.5) is 15.8 Å². The summed E-state index contributed by atoms with van der Waals surface area (Å²) in [5.41, 5.74) is 5.31. The Kier molecular flexibility index (Phi) is 7.16. The lowest BCUT2D eigenvalue weighted by Gasteiger charge is -2.15. The van der Waals surface area contributed by atoms with Gasteiger partial charge < -0.3 is 26.8 Å². The molecule has 0 saturated heterocycles. The van der Waals surface area contributed by atoms with E-state index in [0.29, 0.717) is 18.4 Å². The van der Waals surface area contributed by atoms with Crippen LogP contribution in [0.25, 0.3) is 5.78 Å². The fraction of sp³-hybridized carbons (Fsp3) is 0.172. The van der Waals surface area contributed by atoms with Gasteiger partial charge >= 0.3 is 11.7 Å². The highest BCUT2D eigenvalue weighted by Crippen LogP contribution is 2.32. The van der Waals surface area contributed by atoms with E-state index in [1.807, 2.05) is 0 Å². The highest BCUT2D eigenvalue weighted by Gasteiger charge is 2.28. The van der Waals surface area contributed by atoms with Gasteiger partial charge in [0.25, 0.3) is 28.4 Å². The first kappa shape index (κ1) is 28.9. The Morgan fingerprint density at radius 3 is 2.60 bits per heavy atom. The number of aromatic carboxylic acids is 1. The Labute approximate surface area is 250 Å². The third kappa shape index (κ3) is 5.28. The maximum absolute atomic E-state index is 14.4. The van der Waals surface area contributed by atoms with Gasteiger partial charge in [0.15, 0.2) is 0 Å². The van der Waals surface area contributed by atoms with Gasteiger partial charge in [0.2, 0.25) is 0 Å². The number of carbonyl (C=O) groups is 3. The van der Waals surface area contributed by atoms with Crippen molar-refractivity contribution >= 4 is 34.9 Å². The molecule has 0 saturated carbocycles. The van der Waals surface area contributed by atoms with Crippen LogP contribution in [0.15, 0.2) is 61.4 Å². The summed E-state index contributed by atoms with van der Waals surface area (Å²) < 4.78 is 19.9. The van der Waals surface area contributed by atoms with Gasteiger partial charge in [-0.25, -0.2) is 23.4 Å². The molecule has 2 amide bonds. The Bertz CT molecular complexity index is 2180. The number of aryl methyl sites for hydroxylation is 1. The summed E-state index contributed by atoms with van der Waals surface area (Å²) >= 11 is 0. The molecular formula is C29H22FN7O8. The number of nitrogens with one attached hydrogen (secondary N) is 3. The van der Waals surface area contributed by atoms with Crippen molar-refractivity contribution in [1.82, 2.24) is 25.2 Å². The number of benzene rings is 2. The summed E-state index contributed by atoms with van der Waals surface area (Å²) in [7, 11) is 0. The molecule has 5 aromatic rings. The van der Waals surface area contributed by atoms with Crippen LogP contribution in [0.1, 0.15) is 66.1 Å². The Hall–Kier alpha value is -6.19. The number of nitrogens with zero attached hydrogens (tertiary/aromatic N) is 3. The minimum Gasteiger partial charge on any atom is -0.478 e. The number of hydrogen-bond acceptors (Lipinski definition) is 11. The molecule has 1 aliphatic rings. The molecule has 0 spiro atoms. The minimum absolute atomic E-state index is 0.0872. The van der Waals surface area contributed by atoms with Crippen LogP contribution in [0.2, 0.25) is 0 Å². The van der Waals surface area contributed by atoms with Crippen molar-refractivity contribution in [2.45, 2.75) is 32.0 Å². The molecular weight excluding hydrogens is 593 g/mol. The molecule has 6 N–H and O–H groups in total. The highest BCUT2D eigenvalue weighted by atomic mass is 19.1. The predicted octanol–water partition coefficient (Wildman–Crippen LogP) is 0.657. The lowest BCUT2D eigenvalue weighted by molar-refractivity contribution is 0.0696. The van der Waals surface area contributed by atoms with Crippen molar-refractivity contribution < 1.29 is 28.4 Å². The Morgan fingerprint density at radius 2 is 1.84 bits per heavy atom. The molecule has 45 heavy (non-hydrogen) atoms. The number of fused-ring (bicyclic) bond motifs is 2. The van der Waals surface area contributed by atoms with Crippen molar-refractivity contribution in [2.24, 2.45) is 0 Å². The van der Waals surface area contributed by atoms with Crippen LogP contribution in [0.5, 0.6) is 0 Å². The maximum Gasteiger partial charge on any atom is 0.448 e. The van der Waals surface area contributed by atoms with Gasteiger partial charge in [-0.15, -0.1) is 0 Å². The number of nitrogens with two attached hydrogens (primary N) is 1. The zero-order chi connectivity index (χ0) is 32.0. The van der Waals surface area contributed by atoms with Crippen molar-refractivity contribution in [1.29, 1.82) is 0 Å². The largest absolute Gasteiger partial charge is 0.478 e. The van der Waals surface area contributed by atoms with E-state index in [1.54, 1.807) is 12.1 Å². The normalized spacial score (nSPS) is 13.9. The molecule has 6 rings (SSSR count). The molecule has 0 bridgehead atoms. The van der Waals surface area contributed by atoms with Crippen LogP contribution in [0.3, 0.4) is 0 Å². The number of carbonyl (C=O) groups excluding carboxylic acids is 2. The van der Waals surface area contributed by atoms with Crippen LogP contribution >= 0.6 is 0 Å². The second kappa shape index (κ2) is 11.1. The van der Waals surface area contributed by atoms with Crippen molar-refractivity contribution in [3.05, 3.63) is 118 Å². The molecule has 1 atom stereocenters. The molecule has 15 nitrogen and oxygen atoms in total. The molecule has 0 fully saturated rings. The van der Waals surface area contributed by atoms with Gasteiger partial charge in [-0.05, 0) is 65.0 Å².